The molecule has 0 unspecified atom stereocenters. The Bertz CT molecular complexity index is 541. The molecule has 0 heterocycles. The Morgan fingerprint density at radius 1 is 1.05 bits per heavy atom. The quantitative estimate of drug-likeness (QED) is 0.645. The summed E-state index contributed by atoms with van der Waals surface area (Å²) in [7, 11) is 0. The van der Waals surface area contributed by atoms with E-state index in [1.807, 2.05) is 13.0 Å². The predicted molar refractivity (Wildman–Crippen MR) is 84.4 cm³/mol. The van der Waals surface area contributed by atoms with Gasteiger partial charge in [-0.15, -0.1) is 0 Å². The smallest absolute Gasteiger partial charge is 0.251 e. The van der Waals surface area contributed by atoms with Gasteiger partial charge >= 0.3 is 0 Å². The molecule has 0 aromatic heterocycles. The van der Waals surface area contributed by atoms with Crippen molar-refractivity contribution in [2.45, 2.75) is 20.8 Å². The molecule has 1 aromatic carbocycles. The molecule has 0 aliphatic heterocycles. The fourth-order valence-electron chi connectivity index (χ4n) is 1.70. The Morgan fingerprint density at radius 3 is 2.36 bits per heavy atom. The van der Waals surface area contributed by atoms with Crippen molar-refractivity contribution in [2.24, 2.45) is 5.92 Å². The number of aryl methyl sites for hydroxylation is 1. The Labute approximate surface area is 130 Å². The first-order valence-electron chi connectivity index (χ1n) is 7.29. The fraction of sp³-hybridized carbons (Fsp3) is 0.438. The first kappa shape index (κ1) is 17.7. The van der Waals surface area contributed by atoms with E-state index in [-0.39, 0.29) is 30.2 Å². The molecule has 0 fully saturated rings. The van der Waals surface area contributed by atoms with Gasteiger partial charge in [-0.2, -0.15) is 0 Å². The van der Waals surface area contributed by atoms with E-state index in [9.17, 15) is 14.4 Å². The van der Waals surface area contributed by atoms with Crippen LogP contribution >= 0.6 is 0 Å². The SMILES string of the molecule is Cc1cccc(C(=O)NCC(=O)NCCNC(=O)C(C)C)c1. The highest BCUT2D eigenvalue weighted by Gasteiger charge is 2.08. The van der Waals surface area contributed by atoms with E-state index in [0.29, 0.717) is 18.7 Å². The zero-order valence-corrected chi connectivity index (χ0v) is 13.2. The second-order valence-electron chi connectivity index (χ2n) is 5.35. The maximum Gasteiger partial charge on any atom is 0.251 e. The van der Waals surface area contributed by atoms with Gasteiger partial charge in [-0.25, -0.2) is 0 Å². The Hall–Kier alpha value is -2.37. The standard InChI is InChI=1S/C16H23N3O3/c1-11(2)15(21)18-8-7-17-14(20)10-19-16(22)13-6-4-5-12(3)9-13/h4-6,9,11H,7-8,10H2,1-3H3,(H,17,20)(H,18,21)(H,19,22). The summed E-state index contributed by atoms with van der Waals surface area (Å²) in [6.07, 6.45) is 0. The molecule has 22 heavy (non-hydrogen) atoms. The molecular weight excluding hydrogens is 282 g/mol. The molecule has 0 saturated heterocycles. The third-order valence-electron chi connectivity index (χ3n) is 2.96. The van der Waals surface area contributed by atoms with E-state index in [2.05, 4.69) is 16.0 Å². The highest BCUT2D eigenvalue weighted by Crippen LogP contribution is 2.03. The minimum atomic E-state index is -0.292. The number of nitrogens with one attached hydrogen (secondary N) is 3. The Morgan fingerprint density at radius 2 is 1.73 bits per heavy atom. The van der Waals surface area contributed by atoms with Crippen molar-refractivity contribution in [1.29, 1.82) is 0 Å². The number of carbonyl (C=O) groups excluding carboxylic acids is 3. The van der Waals surface area contributed by atoms with Crippen molar-refractivity contribution in [3.05, 3.63) is 35.4 Å². The van der Waals surface area contributed by atoms with Crippen LogP contribution in [0.1, 0.15) is 29.8 Å². The van der Waals surface area contributed by atoms with Crippen LogP contribution in [0.25, 0.3) is 0 Å². The fourth-order valence-corrected chi connectivity index (χ4v) is 1.70. The molecule has 0 bridgehead atoms. The van der Waals surface area contributed by atoms with Crippen molar-refractivity contribution in [2.75, 3.05) is 19.6 Å². The monoisotopic (exact) mass is 305 g/mol. The summed E-state index contributed by atoms with van der Waals surface area (Å²) in [6, 6.07) is 7.15. The molecule has 3 amide bonds. The van der Waals surface area contributed by atoms with Crippen molar-refractivity contribution in [1.82, 2.24) is 16.0 Å². The van der Waals surface area contributed by atoms with E-state index < -0.39 is 0 Å². The lowest BCUT2D eigenvalue weighted by molar-refractivity contribution is -0.124. The van der Waals surface area contributed by atoms with Gasteiger partial charge in [0.05, 0.1) is 6.54 Å². The van der Waals surface area contributed by atoms with Crippen LogP contribution in [0.4, 0.5) is 0 Å². The molecule has 0 aliphatic carbocycles. The zero-order chi connectivity index (χ0) is 16.5. The lowest BCUT2D eigenvalue weighted by Crippen LogP contribution is -2.41. The summed E-state index contributed by atoms with van der Waals surface area (Å²) >= 11 is 0. The molecule has 3 N–H and O–H groups in total. The zero-order valence-electron chi connectivity index (χ0n) is 13.2. The number of benzene rings is 1. The maximum atomic E-state index is 11.8. The average Bonchev–Trinajstić information content (AvgIpc) is 2.48. The minimum absolute atomic E-state index is 0.0537. The highest BCUT2D eigenvalue weighted by molar-refractivity contribution is 5.96. The molecule has 6 heteroatoms. The van der Waals surface area contributed by atoms with Crippen LogP contribution in [-0.4, -0.2) is 37.4 Å². The van der Waals surface area contributed by atoms with Gasteiger partial charge in [0, 0.05) is 24.6 Å². The number of hydrogen-bond donors (Lipinski definition) is 3. The first-order valence-corrected chi connectivity index (χ1v) is 7.29. The third kappa shape index (κ3) is 6.39. The van der Waals surface area contributed by atoms with Gasteiger partial charge in [-0.05, 0) is 19.1 Å². The minimum Gasteiger partial charge on any atom is -0.354 e. The summed E-state index contributed by atoms with van der Waals surface area (Å²) < 4.78 is 0. The lowest BCUT2D eigenvalue weighted by atomic mass is 10.1. The summed E-state index contributed by atoms with van der Waals surface area (Å²) in [5.74, 6) is -0.710. The molecule has 0 atom stereocenters. The van der Waals surface area contributed by atoms with E-state index in [0.717, 1.165) is 5.56 Å². The van der Waals surface area contributed by atoms with Crippen LogP contribution in [0.15, 0.2) is 24.3 Å². The van der Waals surface area contributed by atoms with Crippen LogP contribution in [0.2, 0.25) is 0 Å². The van der Waals surface area contributed by atoms with Gasteiger partial charge < -0.3 is 16.0 Å². The van der Waals surface area contributed by atoms with E-state index in [4.69, 9.17) is 0 Å². The first-order chi connectivity index (χ1) is 10.4. The van der Waals surface area contributed by atoms with Crippen molar-refractivity contribution in [3.63, 3.8) is 0 Å². The average molecular weight is 305 g/mol. The molecule has 0 radical (unpaired) electrons. The van der Waals surface area contributed by atoms with E-state index >= 15 is 0 Å². The number of carbonyl (C=O) groups is 3. The molecule has 1 rings (SSSR count). The third-order valence-corrected chi connectivity index (χ3v) is 2.96. The maximum absolute atomic E-state index is 11.8. The summed E-state index contributed by atoms with van der Waals surface area (Å²) in [5, 5.41) is 7.88. The topological polar surface area (TPSA) is 87.3 Å². The molecule has 1 aromatic rings. The second-order valence-corrected chi connectivity index (χ2v) is 5.35. The largest absolute Gasteiger partial charge is 0.354 e. The number of hydrogen-bond acceptors (Lipinski definition) is 3. The van der Waals surface area contributed by atoms with Gasteiger partial charge in [-0.3, -0.25) is 14.4 Å². The molecule has 0 aliphatic rings. The van der Waals surface area contributed by atoms with Gasteiger partial charge in [0.2, 0.25) is 11.8 Å². The molecule has 0 spiro atoms. The number of rotatable bonds is 7. The predicted octanol–water partition coefficient (Wildman–Crippen LogP) is 0.613. The van der Waals surface area contributed by atoms with Gasteiger partial charge in [0.15, 0.2) is 0 Å². The lowest BCUT2D eigenvalue weighted by Gasteiger charge is -2.09. The second kappa shape index (κ2) is 8.81. The van der Waals surface area contributed by atoms with Crippen LogP contribution in [-0.2, 0) is 9.59 Å². The number of amides is 3. The van der Waals surface area contributed by atoms with Crippen molar-refractivity contribution < 1.29 is 14.4 Å². The molecule has 120 valence electrons. The molecular formula is C16H23N3O3. The Balaban J connectivity index is 2.23. The van der Waals surface area contributed by atoms with Crippen LogP contribution < -0.4 is 16.0 Å². The highest BCUT2D eigenvalue weighted by atomic mass is 16.2. The summed E-state index contributed by atoms with van der Waals surface area (Å²) in [6.45, 7) is 6.11. The normalized spacial score (nSPS) is 10.2. The van der Waals surface area contributed by atoms with Gasteiger partial charge in [0.25, 0.3) is 5.91 Å². The van der Waals surface area contributed by atoms with E-state index in [1.165, 1.54) is 0 Å². The van der Waals surface area contributed by atoms with Crippen molar-refractivity contribution >= 4 is 17.7 Å². The van der Waals surface area contributed by atoms with Crippen LogP contribution in [0.3, 0.4) is 0 Å². The van der Waals surface area contributed by atoms with Gasteiger partial charge in [0.1, 0.15) is 0 Å². The van der Waals surface area contributed by atoms with E-state index in [1.54, 1.807) is 32.0 Å². The molecule has 6 nitrogen and oxygen atoms in total. The van der Waals surface area contributed by atoms with Crippen LogP contribution in [0.5, 0.6) is 0 Å². The Kier molecular flexibility index (Phi) is 7.08. The summed E-state index contributed by atoms with van der Waals surface area (Å²) in [4.78, 5) is 34.7. The summed E-state index contributed by atoms with van der Waals surface area (Å²) in [5.41, 5.74) is 1.51. The van der Waals surface area contributed by atoms with Crippen LogP contribution in [0, 0.1) is 12.8 Å². The van der Waals surface area contributed by atoms with Crippen molar-refractivity contribution in [3.8, 4) is 0 Å². The molecule has 0 saturated carbocycles. The van der Waals surface area contributed by atoms with Gasteiger partial charge in [-0.1, -0.05) is 31.5 Å².